The third-order valence-corrected chi connectivity index (χ3v) is 1.33. The lowest BCUT2D eigenvalue weighted by atomic mass is 10.4. The Labute approximate surface area is 51.1 Å². The molecule has 1 fully saturated rings. The van der Waals surface area contributed by atoms with Crippen LogP contribution in [0.3, 0.4) is 0 Å². The van der Waals surface area contributed by atoms with Crippen molar-refractivity contribution in [2.45, 2.75) is 12.8 Å². The molecule has 1 aliphatic rings. The molecule has 0 spiro atoms. The Bertz CT molecular complexity index is 41.8. The first-order valence-electron chi connectivity index (χ1n) is 3.03. The molecule has 8 heavy (non-hydrogen) atoms. The molecule has 50 valence electrons. The van der Waals surface area contributed by atoms with Gasteiger partial charge in [0, 0.05) is 7.11 Å². The van der Waals surface area contributed by atoms with Crippen LogP contribution in [-0.2, 0) is 0 Å². The first-order chi connectivity index (χ1) is 3.89. The van der Waals surface area contributed by atoms with E-state index >= 15 is 0 Å². The summed E-state index contributed by atoms with van der Waals surface area (Å²) >= 11 is 0. The molecule has 0 aromatic rings. The molecule has 0 aromatic carbocycles. The maximum Gasteiger partial charge on any atom is 0.0319 e. The van der Waals surface area contributed by atoms with Gasteiger partial charge in [0.05, 0.1) is 0 Å². The summed E-state index contributed by atoms with van der Waals surface area (Å²) in [5, 5.41) is 7.00. The summed E-state index contributed by atoms with van der Waals surface area (Å²) in [5.74, 6) is 0. The van der Waals surface area contributed by atoms with Crippen molar-refractivity contribution in [2.24, 2.45) is 0 Å². The van der Waals surface area contributed by atoms with Crippen LogP contribution >= 0.6 is 0 Å². The van der Waals surface area contributed by atoms with Crippen molar-refractivity contribution in [1.29, 1.82) is 0 Å². The molecule has 1 N–H and O–H groups in total. The molecule has 1 saturated heterocycles. The van der Waals surface area contributed by atoms with Crippen molar-refractivity contribution in [1.82, 2.24) is 4.90 Å². The zero-order valence-corrected chi connectivity index (χ0v) is 5.72. The Kier molecular flexibility index (Phi) is 5.01. The number of hydrogen-bond acceptors (Lipinski definition) is 2. The number of nitrogens with zero attached hydrogens (tertiary/aromatic N) is 1. The van der Waals surface area contributed by atoms with Crippen molar-refractivity contribution < 1.29 is 5.11 Å². The van der Waals surface area contributed by atoms with E-state index in [-0.39, 0.29) is 0 Å². The van der Waals surface area contributed by atoms with Gasteiger partial charge in [-0.2, -0.15) is 0 Å². The standard InChI is InChI=1S/C5H11N.CH4O/c1-6-4-2-3-5-6;1-2/h2-5H2,1H3;2H,1H3. The molecule has 1 aliphatic heterocycles. The monoisotopic (exact) mass is 117 g/mol. The van der Waals surface area contributed by atoms with Crippen molar-refractivity contribution >= 4 is 0 Å². The quantitative estimate of drug-likeness (QED) is 0.494. The summed E-state index contributed by atoms with van der Waals surface area (Å²) in [7, 11) is 3.17. The third kappa shape index (κ3) is 2.99. The molecule has 1 rings (SSSR count). The minimum atomic E-state index is 1.00. The molecule has 2 heteroatoms. The lowest BCUT2D eigenvalue weighted by Gasteiger charge is -2.01. The van der Waals surface area contributed by atoms with Crippen molar-refractivity contribution in [3.8, 4) is 0 Å². The fourth-order valence-electron chi connectivity index (χ4n) is 0.875. The predicted molar refractivity (Wildman–Crippen MR) is 34.9 cm³/mol. The van der Waals surface area contributed by atoms with E-state index in [0.717, 1.165) is 7.11 Å². The second kappa shape index (κ2) is 5.06. The molecule has 0 amide bonds. The highest BCUT2D eigenvalue weighted by Crippen LogP contribution is 2.01. The zero-order valence-electron chi connectivity index (χ0n) is 5.72. The summed E-state index contributed by atoms with van der Waals surface area (Å²) in [4.78, 5) is 2.36. The van der Waals surface area contributed by atoms with Gasteiger partial charge in [-0.25, -0.2) is 0 Å². The zero-order chi connectivity index (χ0) is 6.41. The Hall–Kier alpha value is -0.0800. The highest BCUT2D eigenvalue weighted by Gasteiger charge is 2.03. The van der Waals surface area contributed by atoms with Crippen LogP contribution in [0.15, 0.2) is 0 Å². The van der Waals surface area contributed by atoms with Gasteiger partial charge in [-0.1, -0.05) is 0 Å². The first kappa shape index (κ1) is 7.92. The molecule has 0 bridgehead atoms. The molecular weight excluding hydrogens is 102 g/mol. The lowest BCUT2D eigenvalue weighted by Crippen LogP contribution is -2.10. The molecule has 0 unspecified atom stereocenters. The van der Waals surface area contributed by atoms with E-state index in [9.17, 15) is 0 Å². The Morgan fingerprint density at radius 1 is 1.12 bits per heavy atom. The SMILES string of the molecule is CN1CCCC1.CO. The Balaban J connectivity index is 0.000000222. The highest BCUT2D eigenvalue weighted by atomic mass is 16.2. The second-order valence-electron chi connectivity index (χ2n) is 2.01. The second-order valence-corrected chi connectivity index (χ2v) is 2.01. The van der Waals surface area contributed by atoms with E-state index in [1.54, 1.807) is 0 Å². The van der Waals surface area contributed by atoms with Crippen LogP contribution in [0.1, 0.15) is 12.8 Å². The summed E-state index contributed by atoms with van der Waals surface area (Å²) in [6.07, 6.45) is 2.83. The van der Waals surface area contributed by atoms with Crippen LogP contribution in [0, 0.1) is 0 Å². The predicted octanol–water partition coefficient (Wildman–Crippen LogP) is 0.321. The minimum absolute atomic E-state index is 1.00. The van der Waals surface area contributed by atoms with Gasteiger partial charge >= 0.3 is 0 Å². The fraction of sp³-hybridized carbons (Fsp3) is 1.00. The highest BCUT2D eigenvalue weighted by molar-refractivity contribution is 4.59. The summed E-state index contributed by atoms with van der Waals surface area (Å²) in [5.41, 5.74) is 0. The molecule has 0 radical (unpaired) electrons. The van der Waals surface area contributed by atoms with Crippen molar-refractivity contribution in [3.63, 3.8) is 0 Å². The van der Waals surface area contributed by atoms with Gasteiger partial charge in [0.1, 0.15) is 0 Å². The van der Waals surface area contributed by atoms with E-state index in [4.69, 9.17) is 5.11 Å². The van der Waals surface area contributed by atoms with Gasteiger partial charge < -0.3 is 10.0 Å². The van der Waals surface area contributed by atoms with Gasteiger partial charge in [-0.15, -0.1) is 0 Å². The van der Waals surface area contributed by atoms with E-state index in [1.165, 1.54) is 25.9 Å². The number of hydrogen-bond donors (Lipinski definition) is 1. The first-order valence-corrected chi connectivity index (χ1v) is 3.03. The molecule has 1 heterocycles. The molecule has 0 aliphatic carbocycles. The maximum atomic E-state index is 7.00. The van der Waals surface area contributed by atoms with E-state index in [0.29, 0.717) is 0 Å². The van der Waals surface area contributed by atoms with Gasteiger partial charge in [0.25, 0.3) is 0 Å². The summed E-state index contributed by atoms with van der Waals surface area (Å²) in [6.45, 7) is 2.64. The Morgan fingerprint density at radius 2 is 1.50 bits per heavy atom. The number of likely N-dealkylation sites (tertiary alicyclic amines) is 1. The van der Waals surface area contributed by atoms with E-state index < -0.39 is 0 Å². The largest absolute Gasteiger partial charge is 0.400 e. The van der Waals surface area contributed by atoms with Gasteiger partial charge in [-0.3, -0.25) is 0 Å². The van der Waals surface area contributed by atoms with E-state index in [2.05, 4.69) is 11.9 Å². The van der Waals surface area contributed by atoms with Gasteiger partial charge in [0.15, 0.2) is 0 Å². The molecule has 0 aromatic heterocycles. The normalized spacial score (nSPS) is 19.9. The van der Waals surface area contributed by atoms with Gasteiger partial charge in [0.2, 0.25) is 0 Å². The molecule has 0 saturated carbocycles. The van der Waals surface area contributed by atoms with Crippen LogP contribution in [0.5, 0.6) is 0 Å². The lowest BCUT2D eigenvalue weighted by molar-refractivity contribution is 0.399. The topological polar surface area (TPSA) is 23.5 Å². The Morgan fingerprint density at radius 3 is 1.62 bits per heavy atom. The smallest absolute Gasteiger partial charge is 0.0319 e. The van der Waals surface area contributed by atoms with Crippen molar-refractivity contribution in [3.05, 3.63) is 0 Å². The average Bonchev–Trinajstić information content (AvgIpc) is 2.24. The van der Waals surface area contributed by atoms with Crippen LogP contribution in [0.25, 0.3) is 0 Å². The summed E-state index contributed by atoms with van der Waals surface area (Å²) < 4.78 is 0. The van der Waals surface area contributed by atoms with Crippen LogP contribution < -0.4 is 0 Å². The van der Waals surface area contributed by atoms with Crippen LogP contribution in [-0.4, -0.2) is 37.3 Å². The van der Waals surface area contributed by atoms with Crippen LogP contribution in [0.4, 0.5) is 0 Å². The van der Waals surface area contributed by atoms with Crippen molar-refractivity contribution in [2.75, 3.05) is 27.2 Å². The number of aliphatic hydroxyl groups is 1. The number of rotatable bonds is 0. The van der Waals surface area contributed by atoms with Crippen LogP contribution in [0.2, 0.25) is 0 Å². The molecular formula is C6H15NO. The summed E-state index contributed by atoms with van der Waals surface area (Å²) in [6, 6.07) is 0. The number of aliphatic hydroxyl groups excluding tert-OH is 1. The average molecular weight is 117 g/mol. The maximum absolute atomic E-state index is 7.00. The minimum Gasteiger partial charge on any atom is -0.400 e. The van der Waals surface area contributed by atoms with E-state index in [1.807, 2.05) is 0 Å². The van der Waals surface area contributed by atoms with Gasteiger partial charge in [-0.05, 0) is 33.0 Å². The third-order valence-electron chi connectivity index (χ3n) is 1.33. The molecule has 0 atom stereocenters. The molecule has 2 nitrogen and oxygen atoms in total. The fourth-order valence-corrected chi connectivity index (χ4v) is 0.875.